The highest BCUT2D eigenvalue weighted by atomic mass is 32.2. The van der Waals surface area contributed by atoms with Gasteiger partial charge >= 0.3 is 6.18 Å². The molecule has 0 atom stereocenters. The zero-order valence-corrected chi connectivity index (χ0v) is 18.1. The first kappa shape index (κ1) is 22.8. The third-order valence-corrected chi connectivity index (χ3v) is 5.83. The fourth-order valence-corrected chi connectivity index (χ4v) is 4.11. The van der Waals surface area contributed by atoms with Crippen LogP contribution in [0.4, 0.5) is 18.9 Å². The average molecular weight is 476 g/mol. The number of carbonyl (C=O) groups is 2. The number of nitrogens with one attached hydrogen (secondary N) is 1. The molecule has 0 fully saturated rings. The standard InChI is InChI=1S/C22H19F3N4O3S/c23-22(24,25)16-8-3-6-15(11-16)20(31)26-12-18-27-28-21(32-18)33-13-19(30)29-10-4-7-14-5-1-2-9-17(14)29/h1-3,5-6,8-9,11H,4,7,10,12-13H2,(H,26,31). The van der Waals surface area contributed by atoms with Crippen molar-refractivity contribution >= 4 is 29.3 Å². The third-order valence-electron chi connectivity index (χ3n) is 5.03. The maximum atomic E-state index is 12.8. The van der Waals surface area contributed by atoms with Gasteiger partial charge in [0.2, 0.25) is 11.8 Å². The molecule has 4 rings (SSSR count). The summed E-state index contributed by atoms with van der Waals surface area (Å²) in [5, 5.41) is 10.3. The number of aromatic nitrogens is 2. The van der Waals surface area contributed by atoms with Crippen LogP contribution >= 0.6 is 11.8 Å². The van der Waals surface area contributed by atoms with E-state index in [0.717, 1.165) is 54.1 Å². The van der Waals surface area contributed by atoms with Gasteiger partial charge in [0.15, 0.2) is 0 Å². The Kier molecular flexibility index (Phi) is 6.68. The van der Waals surface area contributed by atoms with Crippen molar-refractivity contribution in [3.05, 3.63) is 71.1 Å². The first-order valence-electron chi connectivity index (χ1n) is 10.1. The van der Waals surface area contributed by atoms with E-state index in [1.807, 2.05) is 24.3 Å². The molecule has 0 unspecified atom stereocenters. The second kappa shape index (κ2) is 9.65. The molecule has 3 aromatic rings. The maximum absolute atomic E-state index is 12.8. The van der Waals surface area contributed by atoms with E-state index >= 15 is 0 Å². The minimum atomic E-state index is -4.54. The van der Waals surface area contributed by atoms with Gasteiger partial charge < -0.3 is 14.6 Å². The molecule has 2 amide bonds. The molecule has 2 heterocycles. The highest BCUT2D eigenvalue weighted by Gasteiger charge is 2.31. The number of aryl methyl sites for hydroxylation is 1. The van der Waals surface area contributed by atoms with Crippen molar-refractivity contribution in [1.29, 1.82) is 0 Å². The van der Waals surface area contributed by atoms with E-state index in [2.05, 4.69) is 15.5 Å². The number of para-hydroxylation sites is 1. The molecule has 7 nitrogen and oxygen atoms in total. The zero-order valence-electron chi connectivity index (χ0n) is 17.3. The predicted molar refractivity (Wildman–Crippen MR) is 115 cm³/mol. The average Bonchev–Trinajstić information content (AvgIpc) is 3.28. The molecule has 1 aromatic heterocycles. The zero-order chi connectivity index (χ0) is 23.4. The van der Waals surface area contributed by atoms with E-state index in [0.29, 0.717) is 6.54 Å². The van der Waals surface area contributed by atoms with Gasteiger partial charge in [-0.15, -0.1) is 10.2 Å². The van der Waals surface area contributed by atoms with Crippen molar-refractivity contribution in [2.75, 3.05) is 17.2 Å². The summed E-state index contributed by atoms with van der Waals surface area (Å²) in [6, 6.07) is 11.9. The van der Waals surface area contributed by atoms with Crippen LogP contribution in [0.5, 0.6) is 0 Å². The normalized spacial score (nSPS) is 13.5. The number of anilines is 1. The summed E-state index contributed by atoms with van der Waals surface area (Å²) in [4.78, 5) is 26.6. The number of hydrogen-bond donors (Lipinski definition) is 1. The molecule has 1 aliphatic heterocycles. The van der Waals surface area contributed by atoms with E-state index in [-0.39, 0.29) is 34.9 Å². The minimum absolute atomic E-state index is 0.0774. The molecule has 11 heteroatoms. The number of benzene rings is 2. The highest BCUT2D eigenvalue weighted by Crippen LogP contribution is 2.30. The lowest BCUT2D eigenvalue weighted by Crippen LogP contribution is -2.36. The van der Waals surface area contributed by atoms with Gasteiger partial charge in [-0.25, -0.2) is 0 Å². The van der Waals surface area contributed by atoms with Crippen LogP contribution in [0.15, 0.2) is 58.2 Å². The van der Waals surface area contributed by atoms with Crippen LogP contribution in [-0.4, -0.2) is 34.3 Å². The SMILES string of the molecule is O=C(NCc1nnc(SCC(=O)N2CCCc3ccccc32)o1)c1cccc(C(F)(F)F)c1. The Labute approximate surface area is 191 Å². The van der Waals surface area contributed by atoms with Gasteiger partial charge in [-0.05, 0) is 42.7 Å². The third kappa shape index (κ3) is 5.54. The first-order chi connectivity index (χ1) is 15.8. The molecule has 0 saturated carbocycles. The van der Waals surface area contributed by atoms with Crippen molar-refractivity contribution < 1.29 is 27.2 Å². The van der Waals surface area contributed by atoms with Crippen LogP contribution in [0.1, 0.15) is 33.8 Å². The summed E-state index contributed by atoms with van der Waals surface area (Å²) >= 11 is 1.08. The second-order valence-electron chi connectivity index (χ2n) is 7.29. The van der Waals surface area contributed by atoms with Gasteiger partial charge in [-0.3, -0.25) is 9.59 Å². The molecule has 0 spiro atoms. The van der Waals surface area contributed by atoms with Crippen LogP contribution in [0, 0.1) is 0 Å². The van der Waals surface area contributed by atoms with E-state index in [1.54, 1.807) is 4.90 Å². The Morgan fingerprint density at radius 3 is 2.76 bits per heavy atom. The van der Waals surface area contributed by atoms with Crippen molar-refractivity contribution in [3.8, 4) is 0 Å². The molecule has 172 valence electrons. The monoisotopic (exact) mass is 476 g/mol. The summed E-state index contributed by atoms with van der Waals surface area (Å²) in [6.07, 6.45) is -2.71. The van der Waals surface area contributed by atoms with Crippen LogP contribution in [-0.2, 0) is 23.9 Å². The summed E-state index contributed by atoms with van der Waals surface area (Å²) in [6.45, 7) is 0.489. The number of hydrogen-bond acceptors (Lipinski definition) is 6. The molecule has 1 N–H and O–H groups in total. The topological polar surface area (TPSA) is 88.3 Å². The summed E-state index contributed by atoms with van der Waals surface area (Å²) in [5.41, 5.74) is 1.01. The lowest BCUT2D eigenvalue weighted by Gasteiger charge is -2.29. The number of carbonyl (C=O) groups excluding carboxylic acids is 2. The maximum Gasteiger partial charge on any atom is 0.416 e. The lowest BCUT2D eigenvalue weighted by atomic mass is 10.0. The number of rotatable bonds is 6. The molecular weight excluding hydrogens is 457 g/mol. The van der Waals surface area contributed by atoms with Crippen molar-refractivity contribution in [3.63, 3.8) is 0 Å². The van der Waals surface area contributed by atoms with E-state index < -0.39 is 17.6 Å². The van der Waals surface area contributed by atoms with E-state index in [4.69, 9.17) is 4.42 Å². The van der Waals surface area contributed by atoms with E-state index in [1.165, 1.54) is 6.07 Å². The van der Waals surface area contributed by atoms with Gasteiger partial charge in [0.05, 0.1) is 17.9 Å². The quantitative estimate of drug-likeness (QED) is 0.539. The molecule has 0 aliphatic carbocycles. The van der Waals surface area contributed by atoms with Crippen LogP contribution in [0.2, 0.25) is 0 Å². The summed E-state index contributed by atoms with van der Waals surface area (Å²) in [5.74, 6) is -0.599. The molecule has 33 heavy (non-hydrogen) atoms. The number of halogens is 3. The lowest BCUT2D eigenvalue weighted by molar-refractivity contribution is -0.137. The number of alkyl halides is 3. The largest absolute Gasteiger partial charge is 0.416 e. The first-order valence-corrected chi connectivity index (χ1v) is 11.1. The van der Waals surface area contributed by atoms with Gasteiger partial charge in [-0.1, -0.05) is 36.0 Å². The molecule has 2 aromatic carbocycles. The fraction of sp³-hybridized carbons (Fsp3) is 0.273. The smallest absolute Gasteiger partial charge is 0.414 e. The number of nitrogens with zero attached hydrogens (tertiary/aromatic N) is 3. The summed E-state index contributed by atoms with van der Waals surface area (Å²) in [7, 11) is 0. The van der Waals surface area contributed by atoms with E-state index in [9.17, 15) is 22.8 Å². The number of thioether (sulfide) groups is 1. The molecule has 0 saturated heterocycles. The van der Waals surface area contributed by atoms with Crippen LogP contribution in [0.25, 0.3) is 0 Å². The van der Waals surface area contributed by atoms with Crippen molar-refractivity contribution in [1.82, 2.24) is 15.5 Å². The van der Waals surface area contributed by atoms with Gasteiger partial charge in [0, 0.05) is 17.8 Å². The Morgan fingerprint density at radius 1 is 1.12 bits per heavy atom. The fourth-order valence-electron chi connectivity index (χ4n) is 3.46. The van der Waals surface area contributed by atoms with Gasteiger partial charge in [-0.2, -0.15) is 13.2 Å². The molecular formula is C22H19F3N4O3S. The van der Waals surface area contributed by atoms with Gasteiger partial charge in [0.1, 0.15) is 0 Å². The number of fused-ring (bicyclic) bond motifs is 1. The van der Waals surface area contributed by atoms with Crippen LogP contribution in [0.3, 0.4) is 0 Å². The van der Waals surface area contributed by atoms with Crippen molar-refractivity contribution in [2.24, 2.45) is 0 Å². The summed E-state index contributed by atoms with van der Waals surface area (Å²) < 4.78 is 43.9. The van der Waals surface area contributed by atoms with Crippen LogP contribution < -0.4 is 10.2 Å². The molecule has 0 bridgehead atoms. The van der Waals surface area contributed by atoms with Crippen molar-refractivity contribution in [2.45, 2.75) is 30.8 Å². The van der Waals surface area contributed by atoms with Gasteiger partial charge in [0.25, 0.3) is 11.1 Å². The Hall–Kier alpha value is -3.34. The Morgan fingerprint density at radius 2 is 1.94 bits per heavy atom. The Balaban J connectivity index is 1.30. The molecule has 0 radical (unpaired) electrons. The predicted octanol–water partition coefficient (Wildman–Crippen LogP) is 4.09. The number of amides is 2. The molecule has 1 aliphatic rings. The second-order valence-corrected chi connectivity index (χ2v) is 8.22. The highest BCUT2D eigenvalue weighted by molar-refractivity contribution is 7.99. The minimum Gasteiger partial charge on any atom is -0.414 e. The Bertz CT molecular complexity index is 1170.